The summed E-state index contributed by atoms with van der Waals surface area (Å²) in [6.07, 6.45) is 0.705. The Morgan fingerprint density at radius 1 is 1.17 bits per heavy atom. The van der Waals surface area contributed by atoms with E-state index in [4.69, 9.17) is 4.74 Å². The Morgan fingerprint density at radius 2 is 1.72 bits per heavy atom. The van der Waals surface area contributed by atoms with Gasteiger partial charge in [0.05, 0.1) is 6.10 Å². The van der Waals surface area contributed by atoms with E-state index in [0.29, 0.717) is 6.61 Å². The number of rotatable bonds is 6. The number of aliphatic hydroxyl groups is 1. The first-order valence-corrected chi connectivity index (χ1v) is 6.78. The maximum Gasteiger partial charge on any atom is 0.119 e. The van der Waals surface area contributed by atoms with Crippen LogP contribution in [0.2, 0.25) is 0 Å². The first-order valence-electron chi connectivity index (χ1n) is 6.78. The monoisotopic (exact) mass is 250 g/mol. The third-order valence-corrected chi connectivity index (χ3v) is 3.71. The fraction of sp³-hybridized carbons (Fsp3) is 0.625. The summed E-state index contributed by atoms with van der Waals surface area (Å²) in [6.45, 7) is 11.0. The molecular weight excluding hydrogens is 224 g/mol. The molecule has 0 aliphatic rings. The lowest BCUT2D eigenvalue weighted by Gasteiger charge is -2.23. The Labute approximate surface area is 111 Å². The second kappa shape index (κ2) is 6.24. The summed E-state index contributed by atoms with van der Waals surface area (Å²) in [7, 11) is 0. The molecule has 0 heterocycles. The Hall–Kier alpha value is -1.02. The van der Waals surface area contributed by atoms with Gasteiger partial charge in [-0.1, -0.05) is 46.8 Å². The van der Waals surface area contributed by atoms with Gasteiger partial charge in [0.2, 0.25) is 0 Å². The molecule has 1 aromatic carbocycles. The van der Waals surface area contributed by atoms with Crippen LogP contribution in [0.4, 0.5) is 0 Å². The summed E-state index contributed by atoms with van der Waals surface area (Å²) >= 11 is 0. The molecule has 1 rings (SSSR count). The van der Waals surface area contributed by atoms with E-state index in [1.165, 1.54) is 5.56 Å². The van der Waals surface area contributed by atoms with Crippen LogP contribution >= 0.6 is 0 Å². The van der Waals surface area contributed by atoms with Gasteiger partial charge in [0, 0.05) is 0 Å². The molecule has 18 heavy (non-hydrogen) atoms. The summed E-state index contributed by atoms with van der Waals surface area (Å²) < 4.78 is 5.58. The number of benzene rings is 1. The van der Waals surface area contributed by atoms with Gasteiger partial charge in [0.25, 0.3) is 0 Å². The van der Waals surface area contributed by atoms with Crippen LogP contribution in [0.25, 0.3) is 0 Å². The maximum atomic E-state index is 9.68. The largest absolute Gasteiger partial charge is 0.491 e. The zero-order chi connectivity index (χ0) is 13.8. The Kier molecular flexibility index (Phi) is 5.21. The van der Waals surface area contributed by atoms with Crippen LogP contribution in [0.1, 0.15) is 46.6 Å². The van der Waals surface area contributed by atoms with Crippen LogP contribution in [0, 0.1) is 5.92 Å². The Morgan fingerprint density at radius 3 is 2.17 bits per heavy atom. The average Bonchev–Trinajstić information content (AvgIpc) is 2.36. The van der Waals surface area contributed by atoms with Crippen LogP contribution in [0.15, 0.2) is 24.3 Å². The first-order chi connectivity index (χ1) is 8.36. The minimum atomic E-state index is -0.406. The molecule has 0 amide bonds. The van der Waals surface area contributed by atoms with E-state index < -0.39 is 6.10 Å². The second-order valence-electron chi connectivity index (χ2n) is 5.88. The van der Waals surface area contributed by atoms with E-state index in [2.05, 4.69) is 32.9 Å². The van der Waals surface area contributed by atoms with Crippen molar-refractivity contribution in [2.75, 3.05) is 6.61 Å². The van der Waals surface area contributed by atoms with Crippen LogP contribution in [0.3, 0.4) is 0 Å². The smallest absolute Gasteiger partial charge is 0.119 e. The van der Waals surface area contributed by atoms with Crippen LogP contribution in [-0.4, -0.2) is 17.8 Å². The fourth-order valence-electron chi connectivity index (χ4n) is 1.58. The molecule has 1 unspecified atom stereocenters. The van der Waals surface area contributed by atoms with Gasteiger partial charge in [-0.25, -0.2) is 0 Å². The van der Waals surface area contributed by atoms with Crippen LogP contribution < -0.4 is 4.74 Å². The van der Waals surface area contributed by atoms with Crippen molar-refractivity contribution in [1.29, 1.82) is 0 Å². The molecule has 0 aliphatic carbocycles. The molecular formula is C16H26O2. The van der Waals surface area contributed by atoms with Gasteiger partial charge in [0.15, 0.2) is 0 Å². The normalized spacial score (nSPS) is 13.7. The molecule has 0 bridgehead atoms. The van der Waals surface area contributed by atoms with Crippen molar-refractivity contribution in [3.8, 4) is 5.75 Å². The molecule has 0 fully saturated rings. The summed E-state index contributed by atoms with van der Waals surface area (Å²) in [5, 5.41) is 9.68. The highest BCUT2D eigenvalue weighted by atomic mass is 16.5. The van der Waals surface area contributed by atoms with E-state index in [1.807, 2.05) is 26.0 Å². The quantitative estimate of drug-likeness (QED) is 0.832. The third-order valence-electron chi connectivity index (χ3n) is 3.71. The molecule has 0 saturated carbocycles. The molecule has 1 atom stereocenters. The zero-order valence-corrected chi connectivity index (χ0v) is 12.2. The van der Waals surface area contributed by atoms with Gasteiger partial charge in [-0.2, -0.15) is 0 Å². The van der Waals surface area contributed by atoms with Gasteiger partial charge in [0.1, 0.15) is 12.4 Å². The highest BCUT2D eigenvalue weighted by Crippen LogP contribution is 2.28. The fourth-order valence-corrected chi connectivity index (χ4v) is 1.58. The lowest BCUT2D eigenvalue weighted by Crippen LogP contribution is -2.23. The zero-order valence-electron chi connectivity index (χ0n) is 12.2. The molecule has 1 N–H and O–H groups in total. The molecule has 2 nitrogen and oxygen atoms in total. The number of hydrogen-bond donors (Lipinski definition) is 1. The van der Waals surface area contributed by atoms with Crippen molar-refractivity contribution in [2.45, 2.75) is 52.6 Å². The average molecular weight is 250 g/mol. The molecule has 2 heteroatoms. The van der Waals surface area contributed by atoms with Crippen molar-refractivity contribution in [3.63, 3.8) is 0 Å². The highest BCUT2D eigenvalue weighted by Gasteiger charge is 2.17. The van der Waals surface area contributed by atoms with Crippen molar-refractivity contribution in [1.82, 2.24) is 0 Å². The summed E-state index contributed by atoms with van der Waals surface area (Å²) in [5.74, 6) is 1.05. The lowest BCUT2D eigenvalue weighted by atomic mass is 9.82. The van der Waals surface area contributed by atoms with Crippen molar-refractivity contribution < 1.29 is 9.84 Å². The molecule has 0 aromatic heterocycles. The molecule has 0 spiro atoms. The SMILES string of the molecule is CCC(C)(C)c1ccc(OCC(O)C(C)C)cc1. The minimum absolute atomic E-state index is 0.204. The van der Waals surface area contributed by atoms with E-state index in [1.54, 1.807) is 0 Å². The Bertz CT molecular complexity index is 352. The van der Waals surface area contributed by atoms with Crippen LogP contribution in [0.5, 0.6) is 5.75 Å². The van der Waals surface area contributed by atoms with Gasteiger partial charge >= 0.3 is 0 Å². The van der Waals surface area contributed by atoms with E-state index in [0.717, 1.165) is 12.2 Å². The number of hydrogen-bond acceptors (Lipinski definition) is 2. The topological polar surface area (TPSA) is 29.5 Å². The van der Waals surface area contributed by atoms with Gasteiger partial charge in [-0.3, -0.25) is 0 Å². The minimum Gasteiger partial charge on any atom is -0.491 e. The van der Waals surface area contributed by atoms with Crippen molar-refractivity contribution in [2.24, 2.45) is 5.92 Å². The number of aliphatic hydroxyl groups excluding tert-OH is 1. The van der Waals surface area contributed by atoms with Gasteiger partial charge in [-0.05, 0) is 35.4 Å². The summed E-state index contributed by atoms with van der Waals surface area (Å²) in [4.78, 5) is 0. The molecule has 1 aromatic rings. The highest BCUT2D eigenvalue weighted by molar-refractivity contribution is 5.31. The standard InChI is InChI=1S/C16H26O2/c1-6-16(4,5)13-7-9-14(10-8-13)18-11-15(17)12(2)3/h7-10,12,15,17H,6,11H2,1-5H3. The third kappa shape index (κ3) is 4.02. The molecule has 102 valence electrons. The van der Waals surface area contributed by atoms with Crippen molar-refractivity contribution in [3.05, 3.63) is 29.8 Å². The van der Waals surface area contributed by atoms with Gasteiger partial charge in [-0.15, -0.1) is 0 Å². The lowest BCUT2D eigenvalue weighted by molar-refractivity contribution is 0.0701. The number of ether oxygens (including phenoxy) is 1. The van der Waals surface area contributed by atoms with E-state index in [9.17, 15) is 5.11 Å². The molecule has 0 aliphatic heterocycles. The Balaban J connectivity index is 2.61. The van der Waals surface area contributed by atoms with E-state index in [-0.39, 0.29) is 11.3 Å². The van der Waals surface area contributed by atoms with E-state index >= 15 is 0 Å². The van der Waals surface area contributed by atoms with Crippen LogP contribution in [-0.2, 0) is 5.41 Å². The summed E-state index contributed by atoms with van der Waals surface area (Å²) in [5.41, 5.74) is 1.53. The first kappa shape index (κ1) is 15.0. The predicted octanol–water partition coefficient (Wildman–Crippen LogP) is 3.77. The predicted molar refractivity (Wildman–Crippen MR) is 76.1 cm³/mol. The van der Waals surface area contributed by atoms with Crippen molar-refractivity contribution >= 4 is 0 Å². The second-order valence-corrected chi connectivity index (χ2v) is 5.88. The molecule has 0 saturated heterocycles. The molecule has 0 radical (unpaired) electrons. The van der Waals surface area contributed by atoms with Gasteiger partial charge < -0.3 is 9.84 Å². The maximum absolute atomic E-state index is 9.68. The summed E-state index contributed by atoms with van der Waals surface area (Å²) in [6, 6.07) is 8.20.